The molecule has 2 aromatic rings. The van der Waals surface area contributed by atoms with Gasteiger partial charge in [0.05, 0.1) is 43.2 Å². The molecule has 1 fully saturated rings. The Morgan fingerprint density at radius 1 is 1.12 bits per heavy atom. The maximum atomic E-state index is 12.8. The van der Waals surface area contributed by atoms with E-state index in [4.69, 9.17) is 13.6 Å². The Balaban J connectivity index is 1.65. The molecule has 1 aliphatic heterocycles. The predicted molar refractivity (Wildman–Crippen MR) is 83.7 cm³/mol. The molecule has 2 atom stereocenters. The van der Waals surface area contributed by atoms with E-state index in [-0.39, 0.29) is 18.1 Å². The molecule has 1 amide bonds. The molecule has 0 aliphatic carbocycles. The van der Waals surface area contributed by atoms with E-state index >= 15 is 0 Å². The fourth-order valence-corrected chi connectivity index (χ4v) is 2.96. The van der Waals surface area contributed by atoms with E-state index < -0.39 is 0 Å². The third kappa shape index (κ3) is 4.42. The van der Waals surface area contributed by atoms with E-state index in [0.29, 0.717) is 31.0 Å². The van der Waals surface area contributed by atoms with Crippen molar-refractivity contribution in [1.29, 1.82) is 0 Å². The number of carbonyl (C=O) groups excluding carboxylic acids is 1. The van der Waals surface area contributed by atoms with Crippen molar-refractivity contribution >= 4 is 5.91 Å². The summed E-state index contributed by atoms with van der Waals surface area (Å²) in [6.07, 6.45) is 6.06. The van der Waals surface area contributed by atoms with Gasteiger partial charge in [0.15, 0.2) is 12.8 Å². The summed E-state index contributed by atoms with van der Waals surface area (Å²) in [7, 11) is 0. The number of amides is 1. The lowest BCUT2D eigenvalue weighted by Crippen LogP contribution is -2.49. The van der Waals surface area contributed by atoms with E-state index in [9.17, 15) is 4.79 Å². The van der Waals surface area contributed by atoms with Gasteiger partial charge in [0.2, 0.25) is 5.91 Å². The fourth-order valence-electron chi connectivity index (χ4n) is 2.96. The lowest BCUT2D eigenvalue weighted by molar-refractivity contribution is -0.137. The lowest BCUT2D eigenvalue weighted by atomic mass is 10.2. The number of carbonyl (C=O) groups is 1. The van der Waals surface area contributed by atoms with Gasteiger partial charge in [-0.3, -0.25) is 9.69 Å². The molecule has 24 heavy (non-hydrogen) atoms. The summed E-state index contributed by atoms with van der Waals surface area (Å²) < 4.78 is 15.7. The molecule has 1 saturated heterocycles. The third-order valence-electron chi connectivity index (χ3n) is 3.88. The van der Waals surface area contributed by atoms with Crippen LogP contribution in [-0.4, -0.2) is 57.5 Å². The zero-order valence-electron chi connectivity index (χ0n) is 13.9. The van der Waals surface area contributed by atoms with Crippen LogP contribution in [0, 0.1) is 0 Å². The number of oxazole rings is 2. The van der Waals surface area contributed by atoms with Crippen LogP contribution in [0.15, 0.2) is 34.1 Å². The van der Waals surface area contributed by atoms with Crippen LogP contribution in [0.1, 0.15) is 25.2 Å². The molecule has 0 N–H and O–H groups in total. The first-order valence-electron chi connectivity index (χ1n) is 8.00. The zero-order chi connectivity index (χ0) is 16.9. The number of ether oxygens (including phenoxy) is 1. The van der Waals surface area contributed by atoms with E-state index in [1.807, 2.05) is 13.8 Å². The summed E-state index contributed by atoms with van der Waals surface area (Å²) in [6.45, 7) is 6.63. The molecule has 3 rings (SSSR count). The summed E-state index contributed by atoms with van der Waals surface area (Å²) in [4.78, 5) is 24.8. The van der Waals surface area contributed by atoms with E-state index in [1.54, 1.807) is 17.4 Å². The maximum Gasteiger partial charge on any atom is 0.237 e. The Labute approximate surface area is 140 Å². The summed E-state index contributed by atoms with van der Waals surface area (Å²) in [5, 5.41) is 0. The molecule has 130 valence electrons. The van der Waals surface area contributed by atoms with Crippen LogP contribution in [0.4, 0.5) is 0 Å². The molecule has 0 spiro atoms. The number of morpholine rings is 1. The number of hydrogen-bond donors (Lipinski definition) is 0. The Hall–Kier alpha value is -2.19. The topological polar surface area (TPSA) is 84.8 Å². The first-order valence-corrected chi connectivity index (χ1v) is 8.00. The fraction of sp³-hybridized carbons (Fsp3) is 0.562. The molecule has 0 unspecified atom stereocenters. The number of nitrogens with zero attached hydrogens (tertiary/aromatic N) is 4. The van der Waals surface area contributed by atoms with Crippen molar-refractivity contribution in [1.82, 2.24) is 19.8 Å². The minimum absolute atomic E-state index is 0.0160. The molecule has 0 bridgehead atoms. The Bertz CT molecular complexity index is 582. The van der Waals surface area contributed by atoms with Crippen LogP contribution in [0.2, 0.25) is 0 Å². The molecule has 0 saturated carbocycles. The second kappa shape index (κ2) is 7.59. The molecular formula is C16H22N4O4. The average molecular weight is 334 g/mol. The molecule has 0 radical (unpaired) electrons. The van der Waals surface area contributed by atoms with Gasteiger partial charge in [-0.15, -0.1) is 0 Å². The zero-order valence-corrected chi connectivity index (χ0v) is 13.9. The standard InChI is InChI=1S/C16H22N4O4/c1-12-3-19(4-13(2)24-12)7-16(21)20(5-14-8-22-10-17-14)6-15-9-23-11-18-15/h8-13H,3-7H2,1-2H3/t12-,13+. The van der Waals surface area contributed by atoms with Crippen molar-refractivity contribution in [3.8, 4) is 0 Å². The second-order valence-electron chi connectivity index (χ2n) is 6.16. The summed E-state index contributed by atoms with van der Waals surface area (Å²) in [5.41, 5.74) is 1.41. The van der Waals surface area contributed by atoms with Gasteiger partial charge in [-0.1, -0.05) is 0 Å². The van der Waals surface area contributed by atoms with Crippen molar-refractivity contribution in [2.75, 3.05) is 19.6 Å². The van der Waals surface area contributed by atoms with Gasteiger partial charge in [0, 0.05) is 13.1 Å². The second-order valence-corrected chi connectivity index (χ2v) is 6.16. The predicted octanol–water partition coefficient (Wildman–Crippen LogP) is 1.30. The minimum atomic E-state index is 0.0160. The monoisotopic (exact) mass is 334 g/mol. The van der Waals surface area contributed by atoms with Crippen LogP contribution in [-0.2, 0) is 22.6 Å². The molecular weight excluding hydrogens is 312 g/mol. The van der Waals surface area contributed by atoms with Gasteiger partial charge in [-0.25, -0.2) is 9.97 Å². The van der Waals surface area contributed by atoms with Crippen LogP contribution in [0.25, 0.3) is 0 Å². The van der Waals surface area contributed by atoms with Crippen molar-refractivity contribution < 1.29 is 18.4 Å². The maximum absolute atomic E-state index is 12.8. The van der Waals surface area contributed by atoms with Crippen LogP contribution < -0.4 is 0 Å². The highest BCUT2D eigenvalue weighted by molar-refractivity contribution is 5.78. The average Bonchev–Trinajstić information content (AvgIpc) is 3.19. The van der Waals surface area contributed by atoms with Crippen molar-refractivity contribution in [2.24, 2.45) is 0 Å². The van der Waals surface area contributed by atoms with E-state index in [0.717, 1.165) is 13.1 Å². The Morgan fingerprint density at radius 3 is 2.12 bits per heavy atom. The Morgan fingerprint density at radius 2 is 1.67 bits per heavy atom. The highest BCUT2D eigenvalue weighted by Gasteiger charge is 2.26. The van der Waals surface area contributed by atoms with Gasteiger partial charge in [-0.2, -0.15) is 0 Å². The van der Waals surface area contributed by atoms with Gasteiger partial charge >= 0.3 is 0 Å². The quantitative estimate of drug-likeness (QED) is 0.787. The normalized spacial score (nSPS) is 21.8. The van der Waals surface area contributed by atoms with Gasteiger partial charge in [-0.05, 0) is 13.8 Å². The lowest BCUT2D eigenvalue weighted by Gasteiger charge is -2.35. The summed E-state index contributed by atoms with van der Waals surface area (Å²) >= 11 is 0. The first kappa shape index (κ1) is 16.7. The highest BCUT2D eigenvalue weighted by atomic mass is 16.5. The molecule has 1 aliphatic rings. The summed E-state index contributed by atoms with van der Waals surface area (Å²) in [6, 6.07) is 0. The Kier molecular flexibility index (Phi) is 5.27. The SMILES string of the molecule is C[C@@H]1CN(CC(=O)N(Cc2cocn2)Cc2cocn2)C[C@H](C)O1. The third-order valence-corrected chi connectivity index (χ3v) is 3.88. The van der Waals surface area contributed by atoms with Crippen LogP contribution in [0.3, 0.4) is 0 Å². The minimum Gasteiger partial charge on any atom is -0.451 e. The van der Waals surface area contributed by atoms with E-state index in [1.165, 1.54) is 12.8 Å². The van der Waals surface area contributed by atoms with Gasteiger partial charge in [0.25, 0.3) is 0 Å². The van der Waals surface area contributed by atoms with Crippen LogP contribution in [0.5, 0.6) is 0 Å². The highest BCUT2D eigenvalue weighted by Crippen LogP contribution is 2.13. The first-order chi connectivity index (χ1) is 11.6. The van der Waals surface area contributed by atoms with E-state index in [2.05, 4.69) is 14.9 Å². The number of rotatable bonds is 6. The number of hydrogen-bond acceptors (Lipinski definition) is 7. The smallest absolute Gasteiger partial charge is 0.237 e. The van der Waals surface area contributed by atoms with Gasteiger partial charge in [0.1, 0.15) is 12.5 Å². The van der Waals surface area contributed by atoms with Crippen LogP contribution >= 0.6 is 0 Å². The molecule has 8 nitrogen and oxygen atoms in total. The van der Waals surface area contributed by atoms with Crippen molar-refractivity contribution in [3.05, 3.63) is 36.7 Å². The van der Waals surface area contributed by atoms with Crippen molar-refractivity contribution in [2.45, 2.75) is 39.1 Å². The summed E-state index contributed by atoms with van der Waals surface area (Å²) in [5.74, 6) is 0.0160. The van der Waals surface area contributed by atoms with Gasteiger partial charge < -0.3 is 18.5 Å². The molecule has 3 heterocycles. The van der Waals surface area contributed by atoms with Crippen molar-refractivity contribution in [3.63, 3.8) is 0 Å². The number of aromatic nitrogens is 2. The molecule has 0 aromatic carbocycles. The largest absolute Gasteiger partial charge is 0.451 e. The molecule has 8 heteroatoms. The molecule has 2 aromatic heterocycles.